The molecule has 3 nitrogen and oxygen atoms in total. The molecular weight excluding hydrogens is 296 g/mol. The summed E-state index contributed by atoms with van der Waals surface area (Å²) in [5.41, 5.74) is 1.13. The van der Waals surface area contributed by atoms with E-state index in [0.717, 1.165) is 11.6 Å². The van der Waals surface area contributed by atoms with Crippen LogP contribution in [0, 0.1) is 11.6 Å². The first-order valence-corrected chi connectivity index (χ1v) is 6.61. The Balaban J connectivity index is 2.01. The van der Waals surface area contributed by atoms with Gasteiger partial charge in [0, 0.05) is 17.2 Å². The monoisotopic (exact) mass is 305 g/mol. The third-order valence-corrected chi connectivity index (χ3v) is 3.36. The summed E-state index contributed by atoms with van der Waals surface area (Å²) in [5, 5.41) is 7.98. The van der Waals surface area contributed by atoms with Crippen molar-refractivity contribution >= 4 is 11.6 Å². The maximum atomic E-state index is 13.8. The molecule has 0 atom stereocenters. The molecule has 21 heavy (non-hydrogen) atoms. The van der Waals surface area contributed by atoms with Crippen LogP contribution < -0.4 is 0 Å². The average molecular weight is 306 g/mol. The maximum Gasteiger partial charge on any atom is 0.225 e. The minimum Gasteiger partial charge on any atom is -0.293 e. The normalized spacial score (nSPS) is 10.8. The number of aromatic nitrogens is 3. The summed E-state index contributed by atoms with van der Waals surface area (Å²) in [6.45, 7) is 0.127. The molecule has 2 aromatic carbocycles. The van der Waals surface area contributed by atoms with E-state index in [9.17, 15) is 8.78 Å². The minimum absolute atomic E-state index is 0.127. The molecule has 0 spiro atoms. The van der Waals surface area contributed by atoms with Crippen LogP contribution in [0.4, 0.5) is 8.78 Å². The number of benzene rings is 2. The van der Waals surface area contributed by atoms with Crippen molar-refractivity contribution in [3.05, 3.63) is 71.0 Å². The average Bonchev–Trinajstić information content (AvgIpc) is 2.84. The lowest BCUT2D eigenvalue weighted by molar-refractivity contribution is 0.566. The van der Waals surface area contributed by atoms with Crippen molar-refractivity contribution in [3.8, 4) is 11.4 Å². The van der Waals surface area contributed by atoms with Gasteiger partial charge in [-0.1, -0.05) is 36.4 Å². The molecule has 3 rings (SSSR count). The largest absolute Gasteiger partial charge is 0.293 e. The predicted octanol–water partition coefficient (Wildman–Crippen LogP) is 3.93. The maximum absolute atomic E-state index is 13.8. The van der Waals surface area contributed by atoms with E-state index in [1.54, 1.807) is 4.57 Å². The van der Waals surface area contributed by atoms with Crippen LogP contribution in [0.1, 0.15) is 5.56 Å². The number of rotatable bonds is 3. The van der Waals surface area contributed by atoms with E-state index in [-0.39, 0.29) is 11.8 Å². The molecule has 0 amide bonds. The summed E-state index contributed by atoms with van der Waals surface area (Å²) < 4.78 is 28.3. The molecular formula is C15H10ClF2N3. The third kappa shape index (κ3) is 2.78. The van der Waals surface area contributed by atoms with E-state index in [4.69, 9.17) is 11.6 Å². The van der Waals surface area contributed by atoms with Gasteiger partial charge in [0.15, 0.2) is 5.82 Å². The Morgan fingerprint density at radius 3 is 2.48 bits per heavy atom. The van der Waals surface area contributed by atoms with E-state index in [1.807, 2.05) is 30.3 Å². The molecule has 106 valence electrons. The van der Waals surface area contributed by atoms with Crippen molar-refractivity contribution in [2.24, 2.45) is 0 Å². The van der Waals surface area contributed by atoms with Gasteiger partial charge in [-0.05, 0) is 17.7 Å². The first-order valence-electron chi connectivity index (χ1n) is 6.23. The van der Waals surface area contributed by atoms with Crippen LogP contribution in [0.15, 0.2) is 48.5 Å². The standard InChI is InChI=1S/C15H10ClF2N3/c16-15-20-19-14(10-4-2-1-3-5-10)21(15)9-11-6-7-12(17)8-13(11)18/h1-8H,9H2. The zero-order valence-corrected chi connectivity index (χ0v) is 11.6. The molecule has 0 N–H and O–H groups in total. The second-order valence-electron chi connectivity index (χ2n) is 4.48. The molecule has 0 aliphatic rings. The zero-order valence-electron chi connectivity index (χ0n) is 10.8. The summed E-state index contributed by atoms with van der Waals surface area (Å²) >= 11 is 6.02. The molecule has 0 saturated heterocycles. The van der Waals surface area contributed by atoms with Crippen LogP contribution in [0.3, 0.4) is 0 Å². The first-order chi connectivity index (χ1) is 10.1. The molecule has 0 aliphatic heterocycles. The Kier molecular flexibility index (Phi) is 3.66. The van der Waals surface area contributed by atoms with Gasteiger partial charge in [-0.2, -0.15) is 0 Å². The van der Waals surface area contributed by atoms with Gasteiger partial charge in [0.1, 0.15) is 11.6 Å². The number of hydrogen-bond acceptors (Lipinski definition) is 2. The smallest absolute Gasteiger partial charge is 0.225 e. The molecule has 1 heterocycles. The molecule has 0 aliphatic carbocycles. The highest BCUT2D eigenvalue weighted by Crippen LogP contribution is 2.22. The Labute approximate surface area is 124 Å². The fourth-order valence-electron chi connectivity index (χ4n) is 2.05. The van der Waals surface area contributed by atoms with Gasteiger partial charge in [0.25, 0.3) is 0 Å². The Bertz CT molecular complexity index is 772. The van der Waals surface area contributed by atoms with E-state index in [2.05, 4.69) is 10.2 Å². The van der Waals surface area contributed by atoms with Crippen LogP contribution in [0.25, 0.3) is 11.4 Å². The fraction of sp³-hybridized carbons (Fsp3) is 0.0667. The van der Waals surface area contributed by atoms with Crippen molar-refractivity contribution in [2.45, 2.75) is 6.54 Å². The summed E-state index contributed by atoms with van der Waals surface area (Å²) in [4.78, 5) is 0. The van der Waals surface area contributed by atoms with Crippen molar-refractivity contribution in [1.82, 2.24) is 14.8 Å². The molecule has 1 aromatic heterocycles. The number of hydrogen-bond donors (Lipinski definition) is 0. The first kappa shape index (κ1) is 13.7. The highest BCUT2D eigenvalue weighted by molar-refractivity contribution is 6.28. The number of halogens is 3. The molecule has 0 unspecified atom stereocenters. The summed E-state index contributed by atoms with van der Waals surface area (Å²) in [7, 11) is 0. The van der Waals surface area contributed by atoms with Crippen LogP contribution in [-0.2, 0) is 6.54 Å². The van der Waals surface area contributed by atoms with Crippen molar-refractivity contribution < 1.29 is 8.78 Å². The molecule has 6 heteroatoms. The van der Waals surface area contributed by atoms with Gasteiger partial charge in [0.05, 0.1) is 6.54 Å². The van der Waals surface area contributed by atoms with Crippen LogP contribution in [0.2, 0.25) is 5.28 Å². The Morgan fingerprint density at radius 1 is 1.00 bits per heavy atom. The zero-order chi connectivity index (χ0) is 14.8. The van der Waals surface area contributed by atoms with Gasteiger partial charge in [-0.15, -0.1) is 10.2 Å². The second-order valence-corrected chi connectivity index (χ2v) is 4.82. The lowest BCUT2D eigenvalue weighted by Crippen LogP contribution is -2.04. The van der Waals surface area contributed by atoms with Gasteiger partial charge in [0.2, 0.25) is 5.28 Å². The van der Waals surface area contributed by atoms with E-state index in [0.29, 0.717) is 11.4 Å². The van der Waals surface area contributed by atoms with E-state index in [1.165, 1.54) is 12.1 Å². The van der Waals surface area contributed by atoms with Crippen molar-refractivity contribution in [2.75, 3.05) is 0 Å². The minimum atomic E-state index is -0.626. The van der Waals surface area contributed by atoms with Crippen LogP contribution in [-0.4, -0.2) is 14.8 Å². The molecule has 0 fully saturated rings. The van der Waals surface area contributed by atoms with E-state index >= 15 is 0 Å². The molecule has 0 radical (unpaired) electrons. The van der Waals surface area contributed by atoms with E-state index < -0.39 is 11.6 Å². The highest BCUT2D eigenvalue weighted by Gasteiger charge is 2.14. The molecule has 0 saturated carbocycles. The van der Waals surface area contributed by atoms with Crippen molar-refractivity contribution in [1.29, 1.82) is 0 Å². The van der Waals surface area contributed by atoms with Gasteiger partial charge < -0.3 is 0 Å². The summed E-state index contributed by atoms with van der Waals surface area (Å²) in [6, 6.07) is 12.8. The second kappa shape index (κ2) is 5.61. The Hall–Kier alpha value is -2.27. The van der Waals surface area contributed by atoms with Gasteiger partial charge >= 0.3 is 0 Å². The van der Waals surface area contributed by atoms with Crippen LogP contribution >= 0.6 is 11.6 Å². The predicted molar refractivity (Wildman–Crippen MR) is 75.9 cm³/mol. The highest BCUT2D eigenvalue weighted by atomic mass is 35.5. The Morgan fingerprint density at radius 2 is 1.76 bits per heavy atom. The lowest BCUT2D eigenvalue weighted by Gasteiger charge is -2.09. The van der Waals surface area contributed by atoms with Crippen LogP contribution in [0.5, 0.6) is 0 Å². The summed E-state index contributed by atoms with van der Waals surface area (Å²) in [5.74, 6) is -0.711. The summed E-state index contributed by atoms with van der Waals surface area (Å²) in [6.07, 6.45) is 0. The SMILES string of the molecule is Fc1ccc(Cn2c(Cl)nnc2-c2ccccc2)c(F)c1. The lowest BCUT2D eigenvalue weighted by atomic mass is 10.2. The quantitative estimate of drug-likeness (QED) is 0.734. The number of nitrogens with zero attached hydrogens (tertiary/aromatic N) is 3. The molecule has 3 aromatic rings. The van der Waals surface area contributed by atoms with Crippen molar-refractivity contribution in [3.63, 3.8) is 0 Å². The third-order valence-electron chi connectivity index (χ3n) is 3.08. The fourth-order valence-corrected chi connectivity index (χ4v) is 2.22. The molecule has 0 bridgehead atoms. The topological polar surface area (TPSA) is 30.7 Å². The van der Waals surface area contributed by atoms with Gasteiger partial charge in [-0.3, -0.25) is 4.57 Å². The van der Waals surface area contributed by atoms with Gasteiger partial charge in [-0.25, -0.2) is 8.78 Å².